The lowest BCUT2D eigenvalue weighted by atomic mass is 9.72. The highest BCUT2D eigenvalue weighted by Crippen LogP contribution is 2.53. The number of fused-ring (bicyclic) bond motifs is 2. The van der Waals surface area contributed by atoms with Crippen LogP contribution in [0.2, 0.25) is 0 Å². The monoisotopic (exact) mass is 318 g/mol. The molecule has 6 unspecified atom stereocenters. The van der Waals surface area contributed by atoms with Crippen LogP contribution in [0.15, 0.2) is 12.2 Å². The molecule has 6 heteroatoms. The maximum absolute atomic E-state index is 13.4. The van der Waals surface area contributed by atoms with E-state index in [9.17, 15) is 18.0 Å². The second-order valence-electron chi connectivity index (χ2n) is 6.94. The van der Waals surface area contributed by atoms with Crippen LogP contribution in [0.4, 0.5) is 13.2 Å². The van der Waals surface area contributed by atoms with E-state index in [1.54, 1.807) is 0 Å². The number of rotatable bonds is 2. The molecule has 3 aliphatic rings. The van der Waals surface area contributed by atoms with E-state index in [-0.39, 0.29) is 24.9 Å². The van der Waals surface area contributed by atoms with Crippen LogP contribution in [-0.2, 0) is 14.3 Å². The smallest absolute Gasteiger partial charge is 0.423 e. The summed E-state index contributed by atoms with van der Waals surface area (Å²) < 4.78 is 49.9. The van der Waals surface area contributed by atoms with Crippen LogP contribution in [-0.4, -0.2) is 24.5 Å². The average Bonchev–Trinajstić information content (AvgIpc) is 2.98. The zero-order valence-corrected chi connectivity index (χ0v) is 12.7. The number of allylic oxidation sites excluding steroid dienone is 2. The second kappa shape index (κ2) is 5.25. The van der Waals surface area contributed by atoms with E-state index >= 15 is 0 Å². The Kier molecular flexibility index (Phi) is 3.78. The van der Waals surface area contributed by atoms with Crippen LogP contribution in [0, 0.1) is 29.6 Å². The van der Waals surface area contributed by atoms with Crippen LogP contribution in [0.5, 0.6) is 0 Å². The van der Waals surface area contributed by atoms with Gasteiger partial charge in [0.2, 0.25) is 0 Å². The number of alkyl halides is 3. The molecule has 0 aromatic heterocycles. The third-order valence-corrected chi connectivity index (χ3v) is 5.45. The number of hydrogen-bond acceptors (Lipinski definition) is 3. The van der Waals surface area contributed by atoms with Crippen molar-refractivity contribution in [1.82, 2.24) is 0 Å². The van der Waals surface area contributed by atoms with Crippen LogP contribution in [0.3, 0.4) is 0 Å². The fraction of sp³-hybridized carbons (Fsp3) is 0.812. The zero-order valence-electron chi connectivity index (χ0n) is 12.7. The fourth-order valence-corrected chi connectivity index (χ4v) is 4.45. The van der Waals surface area contributed by atoms with Gasteiger partial charge in [0.25, 0.3) is 0 Å². The Labute approximate surface area is 127 Å². The Morgan fingerprint density at radius 2 is 2.00 bits per heavy atom. The molecule has 1 aliphatic heterocycles. The Balaban J connectivity index is 1.75. The first kappa shape index (κ1) is 15.8. The molecule has 0 aromatic carbocycles. The van der Waals surface area contributed by atoms with E-state index in [4.69, 9.17) is 4.74 Å². The SMILES string of the molecule is CC(=O)OC1(C(F)(F)F)CC(C)C(C2CC3C=CC2C3)CO1. The van der Waals surface area contributed by atoms with Gasteiger partial charge in [0, 0.05) is 13.3 Å². The van der Waals surface area contributed by atoms with Crippen LogP contribution < -0.4 is 0 Å². The van der Waals surface area contributed by atoms with Crippen molar-refractivity contribution in [2.24, 2.45) is 29.6 Å². The first-order chi connectivity index (χ1) is 10.2. The third-order valence-electron chi connectivity index (χ3n) is 5.45. The van der Waals surface area contributed by atoms with Gasteiger partial charge in [-0.2, -0.15) is 13.2 Å². The highest BCUT2D eigenvalue weighted by molar-refractivity contribution is 5.66. The van der Waals surface area contributed by atoms with Gasteiger partial charge in [0.1, 0.15) is 0 Å². The molecule has 0 N–H and O–H groups in total. The van der Waals surface area contributed by atoms with Crippen molar-refractivity contribution < 1.29 is 27.4 Å². The van der Waals surface area contributed by atoms with Gasteiger partial charge in [-0.3, -0.25) is 4.79 Å². The summed E-state index contributed by atoms with van der Waals surface area (Å²) in [7, 11) is 0. The van der Waals surface area contributed by atoms with E-state index in [2.05, 4.69) is 16.9 Å². The summed E-state index contributed by atoms with van der Waals surface area (Å²) in [5.74, 6) is -2.43. The van der Waals surface area contributed by atoms with Crippen molar-refractivity contribution in [3.8, 4) is 0 Å². The molecular weight excluding hydrogens is 297 g/mol. The minimum Gasteiger partial charge on any atom is -0.423 e. The van der Waals surface area contributed by atoms with Gasteiger partial charge >= 0.3 is 17.9 Å². The molecule has 0 radical (unpaired) electrons. The minimum atomic E-state index is -4.72. The summed E-state index contributed by atoms with van der Waals surface area (Å²) in [4.78, 5) is 11.1. The van der Waals surface area contributed by atoms with Gasteiger partial charge in [-0.1, -0.05) is 19.1 Å². The van der Waals surface area contributed by atoms with Crippen molar-refractivity contribution in [2.45, 2.75) is 45.1 Å². The van der Waals surface area contributed by atoms with Crippen LogP contribution in [0.25, 0.3) is 0 Å². The summed E-state index contributed by atoms with van der Waals surface area (Å²) in [6, 6.07) is 0. The molecule has 0 amide bonds. The molecule has 2 bridgehead atoms. The molecule has 0 aromatic rings. The largest absolute Gasteiger partial charge is 0.455 e. The number of ether oxygens (including phenoxy) is 2. The van der Waals surface area contributed by atoms with E-state index in [1.165, 1.54) is 0 Å². The van der Waals surface area contributed by atoms with Crippen LogP contribution >= 0.6 is 0 Å². The topological polar surface area (TPSA) is 35.5 Å². The summed E-state index contributed by atoms with van der Waals surface area (Å²) in [5.41, 5.74) is 0. The van der Waals surface area contributed by atoms with E-state index < -0.39 is 17.9 Å². The summed E-state index contributed by atoms with van der Waals surface area (Å²) in [5, 5.41) is 0. The molecule has 1 saturated heterocycles. The average molecular weight is 318 g/mol. The summed E-state index contributed by atoms with van der Waals surface area (Å²) in [6.45, 7) is 2.79. The first-order valence-electron chi connectivity index (χ1n) is 7.80. The highest BCUT2D eigenvalue weighted by Gasteiger charge is 2.63. The number of esters is 1. The number of carbonyl (C=O) groups is 1. The number of hydrogen-bond donors (Lipinski definition) is 0. The molecular formula is C16H21F3O3. The molecule has 3 nitrogen and oxygen atoms in total. The van der Waals surface area contributed by atoms with Crippen molar-refractivity contribution in [3.63, 3.8) is 0 Å². The normalized spacial score (nSPS) is 44.3. The second-order valence-corrected chi connectivity index (χ2v) is 6.94. The van der Waals surface area contributed by atoms with Gasteiger partial charge in [-0.05, 0) is 42.4 Å². The molecule has 3 rings (SSSR count). The molecule has 6 atom stereocenters. The Hall–Kier alpha value is -1.04. The Morgan fingerprint density at radius 1 is 1.27 bits per heavy atom. The molecule has 124 valence electrons. The Bertz CT molecular complexity index is 488. The van der Waals surface area contributed by atoms with Crippen LogP contribution in [0.1, 0.15) is 33.1 Å². The Morgan fingerprint density at radius 3 is 2.45 bits per heavy atom. The van der Waals surface area contributed by atoms with Gasteiger partial charge in [-0.25, -0.2) is 0 Å². The first-order valence-corrected chi connectivity index (χ1v) is 7.80. The zero-order chi connectivity index (χ0) is 16.1. The van der Waals surface area contributed by atoms with Gasteiger partial charge in [0.15, 0.2) is 0 Å². The van der Waals surface area contributed by atoms with Gasteiger partial charge in [-0.15, -0.1) is 0 Å². The molecule has 1 heterocycles. The fourth-order valence-electron chi connectivity index (χ4n) is 4.45. The molecule has 2 aliphatic carbocycles. The van der Waals surface area contributed by atoms with Crippen molar-refractivity contribution in [3.05, 3.63) is 12.2 Å². The molecule has 22 heavy (non-hydrogen) atoms. The number of carbonyl (C=O) groups excluding carboxylic acids is 1. The lowest BCUT2D eigenvalue weighted by molar-refractivity contribution is -0.388. The molecule has 2 fully saturated rings. The standard InChI is InChI=1S/C16H21F3O3/c1-9-7-15(16(17,18)19,22-10(2)20)21-8-14(9)13-6-11-3-4-12(13)5-11/h3-4,9,11-14H,5-8H2,1-2H3. The van der Waals surface area contributed by atoms with E-state index in [0.29, 0.717) is 17.8 Å². The predicted octanol–water partition coefficient (Wildman–Crippen LogP) is 3.69. The third kappa shape index (κ3) is 2.55. The molecule has 1 saturated carbocycles. The minimum absolute atomic E-state index is 0.00428. The summed E-state index contributed by atoms with van der Waals surface area (Å²) in [6.07, 6.45) is 1.52. The van der Waals surface area contributed by atoms with Gasteiger partial charge in [0.05, 0.1) is 6.61 Å². The van der Waals surface area contributed by atoms with E-state index in [0.717, 1.165) is 19.8 Å². The molecule has 0 spiro atoms. The summed E-state index contributed by atoms with van der Waals surface area (Å²) >= 11 is 0. The maximum atomic E-state index is 13.4. The lowest BCUT2D eigenvalue weighted by Gasteiger charge is -2.45. The van der Waals surface area contributed by atoms with Crippen molar-refractivity contribution >= 4 is 5.97 Å². The maximum Gasteiger partial charge on any atom is 0.455 e. The van der Waals surface area contributed by atoms with Gasteiger partial charge < -0.3 is 9.47 Å². The quantitative estimate of drug-likeness (QED) is 0.575. The van der Waals surface area contributed by atoms with E-state index in [1.807, 2.05) is 6.92 Å². The predicted molar refractivity (Wildman–Crippen MR) is 72.6 cm³/mol. The highest BCUT2D eigenvalue weighted by atomic mass is 19.4. The van der Waals surface area contributed by atoms with Crippen molar-refractivity contribution in [2.75, 3.05) is 6.61 Å². The lowest BCUT2D eigenvalue weighted by Crippen LogP contribution is -2.57. The number of halogens is 3. The van der Waals surface area contributed by atoms with Crippen molar-refractivity contribution in [1.29, 1.82) is 0 Å².